The predicted molar refractivity (Wildman–Crippen MR) is 110 cm³/mol. The molecule has 0 saturated heterocycles. The van der Waals surface area contributed by atoms with E-state index in [2.05, 4.69) is 19.1 Å². The van der Waals surface area contributed by atoms with Crippen LogP contribution in [0.15, 0.2) is 24.3 Å². The third kappa shape index (κ3) is 7.03. The van der Waals surface area contributed by atoms with Gasteiger partial charge in [-0.25, -0.2) is 4.39 Å². The van der Waals surface area contributed by atoms with Gasteiger partial charge in [0.25, 0.3) is 0 Å². The van der Waals surface area contributed by atoms with Crippen molar-refractivity contribution in [3.8, 4) is 0 Å². The fourth-order valence-electron chi connectivity index (χ4n) is 4.50. The highest BCUT2D eigenvalue weighted by Gasteiger charge is 2.36. The Hall–Kier alpha value is -1.22. The maximum Gasteiger partial charge on any atom is 0.119 e. The van der Waals surface area contributed by atoms with Crippen LogP contribution in [0.1, 0.15) is 107 Å². The Kier molecular flexibility index (Phi) is 10.0. The number of unbranched alkanes of at least 4 members (excludes halogenated alkanes) is 6. The summed E-state index contributed by atoms with van der Waals surface area (Å²) in [6, 6.07) is 8.29. The van der Waals surface area contributed by atoms with Gasteiger partial charge in [-0.1, -0.05) is 69.7 Å². The molecule has 1 aromatic rings. The van der Waals surface area contributed by atoms with E-state index in [1.807, 2.05) is 12.1 Å². The first-order chi connectivity index (χ1) is 13.2. The number of hydrogen-bond donors (Lipinski definition) is 1. The zero-order valence-corrected chi connectivity index (χ0v) is 16.9. The van der Waals surface area contributed by atoms with Crippen LogP contribution < -0.4 is 0 Å². The molecule has 0 amide bonds. The van der Waals surface area contributed by atoms with Crippen molar-refractivity contribution in [3.05, 3.63) is 35.4 Å². The molecule has 1 fully saturated rings. The molecule has 1 saturated carbocycles. The Bertz CT molecular complexity index is 528. The maximum absolute atomic E-state index is 14.4. The number of alkyl halides is 1. The quantitative estimate of drug-likeness (QED) is 0.308. The molecule has 0 spiro atoms. The van der Waals surface area contributed by atoms with Crippen molar-refractivity contribution >= 4 is 6.29 Å². The zero-order chi connectivity index (χ0) is 19.5. The molecular weight excluding hydrogens is 339 g/mol. The minimum atomic E-state index is -0.690. The lowest BCUT2D eigenvalue weighted by atomic mass is 9.84. The van der Waals surface area contributed by atoms with Gasteiger partial charge in [-0.05, 0) is 55.1 Å². The van der Waals surface area contributed by atoms with Crippen LogP contribution in [0, 0.1) is 5.92 Å². The van der Waals surface area contributed by atoms with Crippen LogP contribution in [0.25, 0.3) is 0 Å². The molecule has 1 aliphatic carbocycles. The third-order valence-electron chi connectivity index (χ3n) is 6.17. The van der Waals surface area contributed by atoms with E-state index in [-0.39, 0.29) is 12.0 Å². The molecule has 1 aliphatic rings. The van der Waals surface area contributed by atoms with Gasteiger partial charge in [0.1, 0.15) is 12.5 Å². The van der Waals surface area contributed by atoms with Crippen LogP contribution >= 0.6 is 0 Å². The molecule has 0 radical (unpaired) electrons. The van der Waals surface area contributed by atoms with E-state index in [0.717, 1.165) is 76.1 Å². The van der Waals surface area contributed by atoms with Crippen LogP contribution in [-0.4, -0.2) is 17.6 Å². The number of aliphatic hydroxyl groups excluding tert-OH is 1. The van der Waals surface area contributed by atoms with Gasteiger partial charge in [-0.2, -0.15) is 0 Å². The highest BCUT2D eigenvalue weighted by molar-refractivity contribution is 5.48. The SMILES string of the molecule is CCCCCC(O)c1ccc(C2CCC(F)[C@@H]2CCCCCCC=O)cc1. The van der Waals surface area contributed by atoms with E-state index in [9.17, 15) is 14.3 Å². The first-order valence-corrected chi connectivity index (χ1v) is 11.0. The van der Waals surface area contributed by atoms with Gasteiger partial charge in [0.2, 0.25) is 0 Å². The van der Waals surface area contributed by atoms with Crippen molar-refractivity contribution in [1.82, 2.24) is 0 Å². The Balaban J connectivity index is 1.86. The van der Waals surface area contributed by atoms with Crippen LogP contribution in [-0.2, 0) is 4.79 Å². The van der Waals surface area contributed by atoms with Crippen molar-refractivity contribution < 1.29 is 14.3 Å². The summed E-state index contributed by atoms with van der Waals surface area (Å²) in [4.78, 5) is 10.4. The van der Waals surface area contributed by atoms with Crippen molar-refractivity contribution in [3.63, 3.8) is 0 Å². The Morgan fingerprint density at radius 1 is 1.07 bits per heavy atom. The van der Waals surface area contributed by atoms with Gasteiger partial charge in [0.15, 0.2) is 0 Å². The lowest BCUT2D eigenvalue weighted by Crippen LogP contribution is -2.15. The average Bonchev–Trinajstić information content (AvgIpc) is 3.05. The highest BCUT2D eigenvalue weighted by Crippen LogP contribution is 2.44. The largest absolute Gasteiger partial charge is 0.388 e. The van der Waals surface area contributed by atoms with E-state index in [1.165, 1.54) is 5.56 Å². The van der Waals surface area contributed by atoms with Crippen LogP contribution in [0.4, 0.5) is 4.39 Å². The topological polar surface area (TPSA) is 37.3 Å². The summed E-state index contributed by atoms with van der Waals surface area (Å²) >= 11 is 0. The number of carbonyl (C=O) groups is 1. The van der Waals surface area contributed by atoms with Gasteiger partial charge in [0, 0.05) is 6.42 Å². The first kappa shape index (κ1) is 22.1. The van der Waals surface area contributed by atoms with E-state index < -0.39 is 6.17 Å². The number of rotatable bonds is 13. The van der Waals surface area contributed by atoms with Gasteiger partial charge in [0.05, 0.1) is 6.10 Å². The van der Waals surface area contributed by atoms with Crippen LogP contribution in [0.2, 0.25) is 0 Å². The van der Waals surface area contributed by atoms with Gasteiger partial charge in [-0.15, -0.1) is 0 Å². The Morgan fingerprint density at radius 3 is 2.52 bits per heavy atom. The summed E-state index contributed by atoms with van der Waals surface area (Å²) in [5.74, 6) is 0.428. The number of benzene rings is 1. The van der Waals surface area contributed by atoms with Crippen molar-refractivity contribution in [1.29, 1.82) is 0 Å². The highest BCUT2D eigenvalue weighted by atomic mass is 19.1. The van der Waals surface area contributed by atoms with E-state index in [1.54, 1.807) is 0 Å². The fourth-order valence-corrected chi connectivity index (χ4v) is 4.50. The monoisotopic (exact) mass is 376 g/mol. The fraction of sp³-hybridized carbons (Fsp3) is 0.708. The minimum absolute atomic E-state index is 0.122. The summed E-state index contributed by atoms with van der Waals surface area (Å²) < 4.78 is 14.4. The molecule has 2 nitrogen and oxygen atoms in total. The van der Waals surface area contributed by atoms with Gasteiger partial charge < -0.3 is 9.90 Å². The van der Waals surface area contributed by atoms with E-state index in [4.69, 9.17) is 0 Å². The molecule has 2 rings (SSSR count). The summed E-state index contributed by atoms with van der Waals surface area (Å²) in [7, 11) is 0. The Morgan fingerprint density at radius 2 is 1.81 bits per heavy atom. The Labute approximate surface area is 164 Å². The zero-order valence-electron chi connectivity index (χ0n) is 16.9. The lowest BCUT2D eigenvalue weighted by molar-refractivity contribution is -0.107. The summed E-state index contributed by atoms with van der Waals surface area (Å²) in [5.41, 5.74) is 2.21. The molecule has 0 heterocycles. The molecule has 27 heavy (non-hydrogen) atoms. The van der Waals surface area contributed by atoms with Gasteiger partial charge >= 0.3 is 0 Å². The van der Waals surface area contributed by atoms with Crippen molar-refractivity contribution in [2.75, 3.05) is 0 Å². The second-order valence-corrected chi connectivity index (χ2v) is 8.20. The standard InChI is InChI=1S/C24H37FO2/c1-2-3-7-11-24(27)20-14-12-19(13-15-20)21-16-17-23(25)22(21)10-8-5-4-6-9-18-26/h12-15,18,21-24,27H,2-11,16-17H2,1H3/t21?,22-,23?,24?/m1/s1. The normalized spacial score (nSPS) is 23.4. The molecule has 0 aromatic heterocycles. The average molecular weight is 377 g/mol. The molecule has 0 aliphatic heterocycles. The number of aldehydes is 1. The molecular formula is C24H37FO2. The van der Waals surface area contributed by atoms with Crippen molar-refractivity contribution in [2.45, 2.75) is 102 Å². The molecule has 1 N–H and O–H groups in total. The second kappa shape index (κ2) is 12.3. The van der Waals surface area contributed by atoms with Gasteiger partial charge in [-0.3, -0.25) is 0 Å². The minimum Gasteiger partial charge on any atom is -0.388 e. The van der Waals surface area contributed by atoms with E-state index in [0.29, 0.717) is 18.8 Å². The van der Waals surface area contributed by atoms with E-state index >= 15 is 0 Å². The number of halogens is 1. The van der Waals surface area contributed by atoms with Crippen LogP contribution in [0.5, 0.6) is 0 Å². The molecule has 4 atom stereocenters. The summed E-state index contributed by atoms with van der Waals surface area (Å²) in [6.07, 6.45) is 11.4. The lowest BCUT2D eigenvalue weighted by Gasteiger charge is -2.22. The third-order valence-corrected chi connectivity index (χ3v) is 6.17. The number of carbonyl (C=O) groups excluding carboxylic acids is 1. The second-order valence-electron chi connectivity index (χ2n) is 8.20. The smallest absolute Gasteiger partial charge is 0.119 e. The van der Waals surface area contributed by atoms with Crippen molar-refractivity contribution in [2.24, 2.45) is 5.92 Å². The molecule has 1 aromatic carbocycles. The summed E-state index contributed by atoms with van der Waals surface area (Å²) in [5, 5.41) is 10.3. The van der Waals surface area contributed by atoms with Crippen LogP contribution in [0.3, 0.4) is 0 Å². The first-order valence-electron chi connectivity index (χ1n) is 11.0. The molecule has 0 bridgehead atoms. The molecule has 152 valence electrons. The molecule has 3 unspecified atom stereocenters. The summed E-state index contributed by atoms with van der Waals surface area (Å²) in [6.45, 7) is 2.17. The maximum atomic E-state index is 14.4. The molecule has 3 heteroatoms. The number of hydrogen-bond acceptors (Lipinski definition) is 2. The number of aliphatic hydroxyl groups is 1. The predicted octanol–water partition coefficient (Wildman–Crippen LogP) is 6.67.